The molecule has 4 unspecified atom stereocenters. The highest BCUT2D eigenvalue weighted by Crippen LogP contribution is 2.44. The van der Waals surface area contributed by atoms with Crippen molar-refractivity contribution in [2.75, 3.05) is 0 Å². The summed E-state index contributed by atoms with van der Waals surface area (Å²) in [5.74, 6) is -1.31. The molecule has 31 heavy (non-hydrogen) atoms. The highest BCUT2D eigenvalue weighted by molar-refractivity contribution is 6.04. The van der Waals surface area contributed by atoms with Gasteiger partial charge in [0.1, 0.15) is 11.4 Å². The average Bonchev–Trinajstić information content (AvgIpc) is 3.10. The number of hydrogen-bond acceptors (Lipinski definition) is 3. The second kappa shape index (κ2) is 6.94. The molecule has 5 rings (SSSR count). The number of rotatable bonds is 2. The second-order valence-corrected chi connectivity index (χ2v) is 8.38. The fourth-order valence-electron chi connectivity index (χ4n) is 4.35. The molecule has 0 N–H and O–H groups in total. The molecule has 3 nitrogen and oxygen atoms in total. The minimum atomic E-state index is -2.64. The molecular weight excluding hydrogens is 401 g/mol. The van der Waals surface area contributed by atoms with Crippen LogP contribution in [0, 0.1) is 12.8 Å². The minimum Gasteiger partial charge on any atom is -0.437 e. The van der Waals surface area contributed by atoms with E-state index in [1.807, 2.05) is 44.2 Å². The van der Waals surface area contributed by atoms with Gasteiger partial charge < -0.3 is 4.42 Å². The third-order valence-corrected chi connectivity index (χ3v) is 6.24. The Kier molecular flexibility index (Phi) is 4.43. The number of dihydropyridines is 1. The molecule has 1 aliphatic carbocycles. The number of allylic oxidation sites excluding steroid dienone is 5. The van der Waals surface area contributed by atoms with Crippen molar-refractivity contribution in [3.05, 3.63) is 76.8 Å². The van der Waals surface area contributed by atoms with Crippen molar-refractivity contribution in [1.29, 1.82) is 0 Å². The van der Waals surface area contributed by atoms with Crippen molar-refractivity contribution in [2.45, 2.75) is 38.7 Å². The lowest BCUT2D eigenvalue weighted by Crippen LogP contribution is -2.34. The molecule has 2 aromatic heterocycles. The summed E-state index contributed by atoms with van der Waals surface area (Å²) in [4.78, 5) is 9.12. The lowest BCUT2D eigenvalue weighted by molar-refractivity contribution is 0.105. The summed E-state index contributed by atoms with van der Waals surface area (Å²) in [7, 11) is 0. The summed E-state index contributed by atoms with van der Waals surface area (Å²) in [5.41, 5.74) is 1.41. The number of benzene rings is 1. The van der Waals surface area contributed by atoms with Gasteiger partial charge in [0.15, 0.2) is 11.8 Å². The first-order chi connectivity index (χ1) is 14.8. The topological polar surface area (TPSA) is 38.4 Å². The van der Waals surface area contributed by atoms with E-state index < -0.39 is 17.7 Å². The molecule has 2 aliphatic rings. The summed E-state index contributed by atoms with van der Waals surface area (Å²) in [5, 5.41) is 1.87. The number of aromatic nitrogens is 1. The average molecular weight is 422 g/mol. The minimum absolute atomic E-state index is 0.204. The van der Waals surface area contributed by atoms with Crippen molar-refractivity contribution >= 4 is 28.3 Å². The number of nitrogens with zero attached hydrogens (tertiary/aromatic N) is 2. The van der Waals surface area contributed by atoms with Crippen molar-refractivity contribution in [2.24, 2.45) is 10.9 Å². The Morgan fingerprint density at radius 1 is 1.13 bits per heavy atom. The van der Waals surface area contributed by atoms with E-state index in [9.17, 15) is 13.2 Å². The summed E-state index contributed by atoms with van der Waals surface area (Å²) >= 11 is 0. The Bertz CT molecular complexity index is 1330. The van der Waals surface area contributed by atoms with Gasteiger partial charge in [-0.25, -0.2) is 18.2 Å². The van der Waals surface area contributed by atoms with Gasteiger partial charge in [0, 0.05) is 34.2 Å². The molecule has 4 atom stereocenters. The molecule has 0 amide bonds. The Hall–Kier alpha value is -3.15. The predicted molar refractivity (Wildman–Crippen MR) is 116 cm³/mol. The van der Waals surface area contributed by atoms with Crippen LogP contribution in [-0.2, 0) is 0 Å². The van der Waals surface area contributed by atoms with Crippen molar-refractivity contribution in [3.63, 3.8) is 0 Å². The van der Waals surface area contributed by atoms with E-state index in [1.165, 1.54) is 0 Å². The van der Waals surface area contributed by atoms with E-state index in [1.54, 1.807) is 12.3 Å². The summed E-state index contributed by atoms with van der Waals surface area (Å²) in [6, 6.07) is 9.48. The quantitative estimate of drug-likeness (QED) is 0.454. The number of hydrogen-bond donors (Lipinski definition) is 0. The number of halogens is 3. The fraction of sp³-hybridized carbons (Fsp3) is 0.280. The zero-order valence-corrected chi connectivity index (χ0v) is 17.4. The third kappa shape index (κ3) is 3.04. The smallest absolute Gasteiger partial charge is 0.227 e. The van der Waals surface area contributed by atoms with Gasteiger partial charge in [-0.1, -0.05) is 25.1 Å². The van der Waals surface area contributed by atoms with Crippen LogP contribution in [0.2, 0.25) is 0 Å². The fourth-order valence-corrected chi connectivity index (χ4v) is 4.35. The van der Waals surface area contributed by atoms with Crippen LogP contribution in [0.15, 0.2) is 74.9 Å². The Morgan fingerprint density at radius 2 is 1.94 bits per heavy atom. The van der Waals surface area contributed by atoms with Gasteiger partial charge in [-0.2, -0.15) is 0 Å². The van der Waals surface area contributed by atoms with Gasteiger partial charge in [0.05, 0.1) is 6.04 Å². The lowest BCUT2D eigenvalue weighted by atomic mass is 9.79. The highest BCUT2D eigenvalue weighted by Gasteiger charge is 2.42. The third-order valence-electron chi connectivity index (χ3n) is 6.24. The Balaban J connectivity index is 1.58. The van der Waals surface area contributed by atoms with Gasteiger partial charge in [-0.15, -0.1) is 0 Å². The van der Waals surface area contributed by atoms with Crippen LogP contribution in [0.25, 0.3) is 22.1 Å². The zero-order chi connectivity index (χ0) is 21.9. The molecule has 158 valence electrons. The maximum absolute atomic E-state index is 14.3. The van der Waals surface area contributed by atoms with Crippen LogP contribution in [-0.4, -0.2) is 23.0 Å². The first-order valence-electron chi connectivity index (χ1n) is 10.2. The van der Waals surface area contributed by atoms with Gasteiger partial charge in [0.25, 0.3) is 0 Å². The van der Waals surface area contributed by atoms with Crippen molar-refractivity contribution in [1.82, 2.24) is 4.98 Å². The lowest BCUT2D eigenvalue weighted by Gasteiger charge is -2.31. The number of furan rings is 1. The summed E-state index contributed by atoms with van der Waals surface area (Å²) < 4.78 is 48.9. The highest BCUT2D eigenvalue weighted by atomic mass is 19.2. The molecule has 0 radical (unpaired) electrons. The molecule has 3 heterocycles. The van der Waals surface area contributed by atoms with Crippen LogP contribution in [0.3, 0.4) is 0 Å². The standard InChI is InChI=1S/C25H21F3N2O/c1-13-7-8-18-17-5-4-6-19(23(17)31-24(18)30-13)22-14(2)16(9-10-29-22)15-11-20(26)25(3,28)21(27)12-15/h4-12,14,20,22H,1-3H3. The van der Waals surface area contributed by atoms with Gasteiger partial charge in [0.2, 0.25) is 5.71 Å². The zero-order valence-electron chi connectivity index (χ0n) is 17.4. The molecule has 0 bridgehead atoms. The van der Waals surface area contributed by atoms with E-state index in [0.717, 1.165) is 41.1 Å². The van der Waals surface area contributed by atoms with Gasteiger partial charge in [-0.05, 0) is 55.4 Å². The summed E-state index contributed by atoms with van der Waals surface area (Å²) in [6.07, 6.45) is 3.55. The van der Waals surface area contributed by atoms with E-state index in [2.05, 4.69) is 9.98 Å². The molecule has 6 heteroatoms. The molecule has 0 spiro atoms. The van der Waals surface area contributed by atoms with Crippen molar-refractivity contribution in [3.8, 4) is 0 Å². The SMILES string of the molecule is Cc1ccc2c(n1)oc1c(C3N=CC=C(C4=CC(F)C(C)(F)C(F)=C4)C3C)cccc12. The van der Waals surface area contributed by atoms with Crippen LogP contribution >= 0.6 is 0 Å². The maximum Gasteiger partial charge on any atom is 0.227 e. The number of aliphatic imine (C=N–C) groups is 1. The van der Waals surface area contributed by atoms with Crippen LogP contribution in [0.4, 0.5) is 13.2 Å². The molecule has 3 aromatic rings. The molecule has 1 aliphatic heterocycles. The normalized spacial score (nSPS) is 28.6. The molecule has 0 saturated heterocycles. The number of para-hydroxylation sites is 1. The predicted octanol–water partition coefficient (Wildman–Crippen LogP) is 6.84. The largest absolute Gasteiger partial charge is 0.437 e. The molecule has 0 saturated carbocycles. The second-order valence-electron chi connectivity index (χ2n) is 8.38. The van der Waals surface area contributed by atoms with E-state index in [4.69, 9.17) is 4.42 Å². The number of alkyl halides is 2. The molecule has 0 fully saturated rings. The monoisotopic (exact) mass is 422 g/mol. The molecular formula is C25H21F3N2O. The number of aryl methyl sites for hydroxylation is 1. The van der Waals surface area contributed by atoms with Crippen LogP contribution in [0.5, 0.6) is 0 Å². The van der Waals surface area contributed by atoms with Crippen LogP contribution in [0.1, 0.15) is 31.1 Å². The van der Waals surface area contributed by atoms with E-state index >= 15 is 0 Å². The van der Waals surface area contributed by atoms with E-state index in [0.29, 0.717) is 22.4 Å². The van der Waals surface area contributed by atoms with E-state index in [-0.39, 0.29) is 12.0 Å². The summed E-state index contributed by atoms with van der Waals surface area (Å²) in [6.45, 7) is 4.76. The van der Waals surface area contributed by atoms with Gasteiger partial charge in [-0.3, -0.25) is 4.99 Å². The van der Waals surface area contributed by atoms with Crippen LogP contribution < -0.4 is 0 Å². The maximum atomic E-state index is 14.3. The first-order valence-corrected chi connectivity index (χ1v) is 10.2. The molecule has 1 aromatic carbocycles. The Labute approximate surface area is 177 Å². The Morgan fingerprint density at radius 3 is 2.71 bits per heavy atom. The first kappa shape index (κ1) is 19.8. The van der Waals surface area contributed by atoms with Crippen molar-refractivity contribution < 1.29 is 17.6 Å². The number of fused-ring (bicyclic) bond motifs is 3. The number of pyridine rings is 1. The van der Waals surface area contributed by atoms with Gasteiger partial charge >= 0.3 is 0 Å².